The Labute approximate surface area is 179 Å². The Morgan fingerprint density at radius 1 is 1.48 bits per heavy atom. The lowest BCUT2D eigenvalue weighted by Crippen LogP contribution is -2.31. The average Bonchev–Trinajstić information content (AvgIpc) is 2.94. The van der Waals surface area contributed by atoms with Crippen molar-refractivity contribution in [3.8, 4) is 0 Å². The van der Waals surface area contributed by atoms with Gasteiger partial charge < -0.3 is 15.0 Å². The first-order valence-corrected chi connectivity index (χ1v) is 9.92. The first kappa shape index (κ1) is 21.5. The van der Waals surface area contributed by atoms with Crippen LogP contribution in [0.1, 0.15) is 6.42 Å². The molecular weight excluding hydrogens is 467 g/mol. The van der Waals surface area contributed by atoms with Crippen molar-refractivity contribution >= 4 is 51.3 Å². The molecule has 1 aromatic carbocycles. The van der Waals surface area contributed by atoms with Crippen molar-refractivity contribution in [3.05, 3.63) is 56.0 Å². The lowest BCUT2D eigenvalue weighted by molar-refractivity contribution is -0.129. The number of rotatable bonds is 7. The van der Waals surface area contributed by atoms with Gasteiger partial charge in [0.15, 0.2) is 6.17 Å². The second kappa shape index (κ2) is 9.53. The number of imidazole rings is 1. The number of alkyl halides is 1. The van der Waals surface area contributed by atoms with Crippen LogP contribution in [0, 0.1) is 0 Å². The van der Waals surface area contributed by atoms with Crippen LogP contribution >= 0.6 is 27.5 Å². The van der Waals surface area contributed by atoms with Gasteiger partial charge in [-0.15, -0.1) is 0 Å². The molecule has 1 heterocycles. The summed E-state index contributed by atoms with van der Waals surface area (Å²) < 4.78 is 17.7. The zero-order valence-electron chi connectivity index (χ0n) is 15.5. The van der Waals surface area contributed by atoms with E-state index in [1.165, 1.54) is 12.2 Å². The molecule has 1 atom stereocenters. The van der Waals surface area contributed by atoms with E-state index in [4.69, 9.17) is 21.5 Å². The highest BCUT2D eigenvalue weighted by atomic mass is 79.9. The molecule has 0 spiro atoms. The number of hydroxylamine groups is 1. The summed E-state index contributed by atoms with van der Waals surface area (Å²) in [5.41, 5.74) is 2.78. The molecule has 3 rings (SSSR count). The molecule has 0 fully saturated rings. The minimum absolute atomic E-state index is 0.00970. The smallest absolute Gasteiger partial charge is 0.276 e. The highest BCUT2D eigenvalue weighted by Crippen LogP contribution is 2.29. The molecule has 0 bridgehead atoms. The highest BCUT2D eigenvalue weighted by molar-refractivity contribution is 9.10. The third-order valence-corrected chi connectivity index (χ3v) is 4.98. The molecule has 154 valence electrons. The monoisotopic (exact) mass is 484 g/mol. The summed E-state index contributed by atoms with van der Waals surface area (Å²) in [6, 6.07) is 5.09. The van der Waals surface area contributed by atoms with E-state index in [0.29, 0.717) is 27.8 Å². The van der Waals surface area contributed by atoms with Gasteiger partial charge in [-0.2, -0.15) is 0 Å². The Kier molecular flexibility index (Phi) is 7.07. The van der Waals surface area contributed by atoms with E-state index >= 15 is 4.39 Å². The van der Waals surface area contributed by atoms with Crippen molar-refractivity contribution in [2.24, 2.45) is 7.05 Å². The largest absolute Gasteiger partial charge is 0.396 e. The van der Waals surface area contributed by atoms with E-state index in [9.17, 15) is 4.79 Å². The SMILES string of the molecule is Cn1cnc2c1=CC(C(=O)NOCCCO)=C(Nc1ccc(Br)cc1Cl)C(F)C=2. The van der Waals surface area contributed by atoms with Crippen LogP contribution < -0.4 is 21.5 Å². The number of carbonyl (C=O) groups excluding carboxylic acids is 1. The van der Waals surface area contributed by atoms with E-state index < -0.39 is 12.1 Å². The maximum absolute atomic E-state index is 15.2. The standard InChI is InChI=1S/C19H19BrClFN4O3/c1-26-10-23-16-9-14(22)18(24-15-4-3-11(20)7-13(15)21)12(8-17(16)26)19(28)25-29-6-2-5-27/h3-4,7-10,14,24,27H,2,5-6H2,1H3,(H,25,28). The predicted octanol–water partition coefficient (Wildman–Crippen LogP) is 1.55. The van der Waals surface area contributed by atoms with Gasteiger partial charge >= 0.3 is 0 Å². The molecule has 0 aliphatic heterocycles. The molecule has 3 N–H and O–H groups in total. The molecule has 2 aromatic rings. The Morgan fingerprint density at radius 3 is 3.00 bits per heavy atom. The lowest BCUT2D eigenvalue weighted by Gasteiger charge is -2.17. The molecule has 0 saturated carbocycles. The number of nitrogens with one attached hydrogen (secondary N) is 2. The number of carbonyl (C=O) groups is 1. The van der Waals surface area contributed by atoms with Gasteiger partial charge in [-0.05, 0) is 36.8 Å². The summed E-state index contributed by atoms with van der Waals surface area (Å²) in [6.07, 6.45) is 3.13. The van der Waals surface area contributed by atoms with E-state index in [0.717, 1.165) is 4.47 Å². The first-order valence-electron chi connectivity index (χ1n) is 8.75. The topological polar surface area (TPSA) is 88.4 Å². The summed E-state index contributed by atoms with van der Waals surface area (Å²) in [7, 11) is 1.75. The van der Waals surface area contributed by atoms with E-state index in [1.54, 1.807) is 36.1 Å². The Balaban J connectivity index is 2.03. The van der Waals surface area contributed by atoms with E-state index in [2.05, 4.69) is 31.7 Å². The fourth-order valence-corrected chi connectivity index (χ4v) is 3.44. The quantitative estimate of drug-likeness (QED) is 0.409. The predicted molar refractivity (Wildman–Crippen MR) is 112 cm³/mol. The third-order valence-electron chi connectivity index (χ3n) is 4.18. The van der Waals surface area contributed by atoms with Crippen molar-refractivity contribution in [1.82, 2.24) is 15.0 Å². The van der Waals surface area contributed by atoms with Gasteiger partial charge in [0.05, 0.1) is 45.6 Å². The number of anilines is 1. The van der Waals surface area contributed by atoms with Gasteiger partial charge in [0.2, 0.25) is 0 Å². The maximum Gasteiger partial charge on any atom is 0.276 e. The van der Waals surface area contributed by atoms with Crippen LogP contribution in [0.4, 0.5) is 10.1 Å². The summed E-state index contributed by atoms with van der Waals surface area (Å²) >= 11 is 9.58. The lowest BCUT2D eigenvalue weighted by atomic mass is 10.1. The van der Waals surface area contributed by atoms with Gasteiger partial charge in [-0.3, -0.25) is 9.63 Å². The minimum atomic E-state index is -1.64. The van der Waals surface area contributed by atoms with Gasteiger partial charge in [0.1, 0.15) is 0 Å². The minimum Gasteiger partial charge on any atom is -0.396 e. The van der Waals surface area contributed by atoms with Crippen LogP contribution in [0.5, 0.6) is 0 Å². The Hall–Kier alpha value is -2.20. The first-order chi connectivity index (χ1) is 13.9. The molecular formula is C19H19BrClFN4O3. The number of allylic oxidation sites excluding steroid dienone is 1. The molecule has 1 amide bonds. The molecule has 0 radical (unpaired) electrons. The number of amides is 1. The normalized spacial score (nSPS) is 15.8. The Bertz CT molecular complexity index is 1070. The second-order valence-electron chi connectivity index (χ2n) is 6.27. The molecule has 29 heavy (non-hydrogen) atoms. The average molecular weight is 486 g/mol. The fraction of sp³-hybridized carbons (Fsp3) is 0.263. The van der Waals surface area contributed by atoms with E-state index in [1.807, 2.05) is 0 Å². The Morgan fingerprint density at radius 2 is 2.28 bits per heavy atom. The number of benzene rings is 1. The molecule has 10 heteroatoms. The molecule has 1 aliphatic rings. The number of nitrogens with zero attached hydrogens (tertiary/aromatic N) is 2. The number of halogens is 3. The zero-order chi connectivity index (χ0) is 21.0. The number of hydrogen-bond acceptors (Lipinski definition) is 5. The van der Waals surface area contributed by atoms with Gasteiger partial charge in [0.25, 0.3) is 5.91 Å². The molecule has 1 aromatic heterocycles. The van der Waals surface area contributed by atoms with Gasteiger partial charge in [-0.25, -0.2) is 14.9 Å². The summed E-state index contributed by atoms with van der Waals surface area (Å²) in [5, 5.41) is 13.1. The van der Waals surface area contributed by atoms with Gasteiger partial charge in [0, 0.05) is 18.1 Å². The number of aromatic nitrogens is 2. The number of fused-ring (bicyclic) bond motifs is 1. The van der Waals surface area contributed by atoms with Crippen LogP contribution in [0.2, 0.25) is 5.02 Å². The van der Waals surface area contributed by atoms with Crippen LogP contribution in [-0.4, -0.2) is 40.0 Å². The van der Waals surface area contributed by atoms with Crippen molar-refractivity contribution < 1.29 is 19.1 Å². The maximum atomic E-state index is 15.2. The van der Waals surface area contributed by atoms with Crippen molar-refractivity contribution in [3.63, 3.8) is 0 Å². The third kappa shape index (κ3) is 5.05. The molecule has 1 aliphatic carbocycles. The van der Waals surface area contributed by atoms with Crippen LogP contribution in [0.15, 0.2) is 40.3 Å². The molecule has 7 nitrogen and oxygen atoms in total. The van der Waals surface area contributed by atoms with Crippen LogP contribution in [0.3, 0.4) is 0 Å². The second-order valence-corrected chi connectivity index (χ2v) is 7.59. The summed E-state index contributed by atoms with van der Waals surface area (Å²) in [4.78, 5) is 22.0. The summed E-state index contributed by atoms with van der Waals surface area (Å²) in [5.74, 6) is -0.635. The van der Waals surface area contributed by atoms with Crippen molar-refractivity contribution in [1.29, 1.82) is 0 Å². The molecule has 0 saturated heterocycles. The van der Waals surface area contributed by atoms with Crippen LogP contribution in [-0.2, 0) is 16.7 Å². The van der Waals surface area contributed by atoms with E-state index in [-0.39, 0.29) is 24.5 Å². The molecule has 1 unspecified atom stereocenters. The van der Waals surface area contributed by atoms with Gasteiger partial charge in [-0.1, -0.05) is 27.5 Å². The van der Waals surface area contributed by atoms with Crippen LogP contribution in [0.25, 0.3) is 12.2 Å². The number of aliphatic hydroxyl groups is 1. The number of hydrogen-bond donors (Lipinski definition) is 3. The fourth-order valence-electron chi connectivity index (χ4n) is 2.72. The number of aliphatic hydroxyl groups excluding tert-OH is 1. The van der Waals surface area contributed by atoms with Crippen molar-refractivity contribution in [2.75, 3.05) is 18.5 Å². The zero-order valence-corrected chi connectivity index (χ0v) is 17.8. The number of aryl methyl sites for hydroxylation is 1. The summed E-state index contributed by atoms with van der Waals surface area (Å²) in [6.45, 7) is 0.0540. The van der Waals surface area contributed by atoms with Crippen molar-refractivity contribution in [2.45, 2.75) is 12.6 Å². The highest BCUT2D eigenvalue weighted by Gasteiger charge is 2.24.